The van der Waals surface area contributed by atoms with E-state index in [1.54, 1.807) is 20.8 Å². The van der Waals surface area contributed by atoms with E-state index < -0.39 is 85.4 Å². The molecule has 30 heteroatoms. The molecule has 28 nitrogen and oxygen atoms in total. The SMILES string of the molecule is COc1ccc(S(=O)(=O)N(CCC#N)C[C@@H](O)[C@H](Cc2ccccc2)NC(=O)OC(C)(C)C)cc1.COc1ccc(S(=O)(=O)N(CCC#N)C[C@@H](O)[C@H](Cc2ccccc2)NC(=O)OC2COCOC2)cc1.O=C(Oc1ccc([N+](=O)[O-])cc1)OC1COCOC1. The summed E-state index contributed by atoms with van der Waals surface area (Å²) in [6.45, 7) is 5.38. The molecule has 0 radical (unpaired) electrons. The number of nitro groups is 1. The monoisotopic (exact) mass is 1310 g/mol. The number of non-ortho nitro benzene ring substituents is 1. The van der Waals surface area contributed by atoms with Crippen molar-refractivity contribution in [2.75, 3.05) is 80.4 Å². The number of rotatable bonds is 26. The number of methoxy groups -OCH3 is 2. The number of sulfonamides is 2. The molecule has 4 atom stereocenters. The number of carbonyl (C=O) groups is 3. The molecule has 5 aromatic carbocycles. The second-order valence-corrected chi connectivity index (χ2v) is 24.9. The molecule has 0 unspecified atom stereocenters. The number of aliphatic hydroxyl groups excluding tert-OH is 2. The first-order valence-electron chi connectivity index (χ1n) is 28.3. The molecule has 0 bridgehead atoms. The molecule has 2 fully saturated rings. The molecule has 2 saturated heterocycles. The molecule has 0 spiro atoms. The molecular formula is C61H75N7O21S2. The number of aliphatic hydroxyl groups is 2. The normalized spacial score (nSPS) is 15.0. The highest BCUT2D eigenvalue weighted by Crippen LogP contribution is 2.24. The number of carbonyl (C=O) groups excluding carboxylic acids is 3. The Balaban J connectivity index is 0.000000260. The number of nitrogens with one attached hydrogen (secondary N) is 2. The van der Waals surface area contributed by atoms with E-state index >= 15 is 0 Å². The van der Waals surface area contributed by atoms with Gasteiger partial charge in [-0.25, -0.2) is 31.2 Å². The Hall–Kier alpha value is -8.53. The molecule has 0 saturated carbocycles. The molecular weight excluding hydrogens is 1230 g/mol. The Morgan fingerprint density at radius 1 is 0.615 bits per heavy atom. The zero-order valence-corrected chi connectivity index (χ0v) is 52.4. The van der Waals surface area contributed by atoms with Gasteiger partial charge in [0.2, 0.25) is 20.0 Å². The van der Waals surface area contributed by atoms with Gasteiger partial charge in [-0.05, 0) is 105 Å². The van der Waals surface area contributed by atoms with Crippen molar-refractivity contribution in [2.45, 2.75) is 98.3 Å². The maximum Gasteiger partial charge on any atom is 0.514 e. The molecule has 91 heavy (non-hydrogen) atoms. The zero-order valence-electron chi connectivity index (χ0n) is 50.8. The van der Waals surface area contributed by atoms with Crippen LogP contribution in [0.3, 0.4) is 0 Å². The molecule has 7 rings (SSSR count). The Bertz CT molecular complexity index is 3360. The first kappa shape index (κ1) is 73.2. The maximum atomic E-state index is 13.4. The molecule has 2 heterocycles. The predicted molar refractivity (Wildman–Crippen MR) is 324 cm³/mol. The summed E-state index contributed by atoms with van der Waals surface area (Å²) < 4.78 is 106. The quantitative estimate of drug-likeness (QED) is 0.0156. The first-order chi connectivity index (χ1) is 43.4. The van der Waals surface area contributed by atoms with Gasteiger partial charge in [-0.2, -0.15) is 19.1 Å². The van der Waals surface area contributed by atoms with Crippen LogP contribution in [0.5, 0.6) is 17.2 Å². The number of nitriles is 2. The maximum absolute atomic E-state index is 13.4. The highest BCUT2D eigenvalue weighted by molar-refractivity contribution is 7.89. The number of nitro benzene ring substituents is 1. The number of hydrogen-bond acceptors (Lipinski definition) is 23. The minimum atomic E-state index is -4.06. The van der Waals surface area contributed by atoms with Gasteiger partial charge >= 0.3 is 18.3 Å². The third kappa shape index (κ3) is 25.3. The van der Waals surface area contributed by atoms with Crippen molar-refractivity contribution in [3.63, 3.8) is 0 Å². The minimum absolute atomic E-state index is 0.00292. The van der Waals surface area contributed by atoms with Crippen molar-refractivity contribution in [1.82, 2.24) is 19.2 Å². The van der Waals surface area contributed by atoms with Crippen LogP contribution in [0.25, 0.3) is 0 Å². The van der Waals surface area contributed by atoms with Crippen molar-refractivity contribution in [1.29, 1.82) is 10.5 Å². The average molecular weight is 1310 g/mol. The second kappa shape index (κ2) is 37.0. The smallest absolute Gasteiger partial charge is 0.497 e. The van der Waals surface area contributed by atoms with Crippen molar-refractivity contribution in [3.05, 3.63) is 155 Å². The summed E-state index contributed by atoms with van der Waals surface area (Å²) in [6, 6.07) is 37.2. The van der Waals surface area contributed by atoms with Crippen molar-refractivity contribution >= 4 is 44.1 Å². The third-order valence-electron chi connectivity index (χ3n) is 13.0. The molecule has 2 aliphatic rings. The van der Waals surface area contributed by atoms with E-state index in [9.17, 15) is 51.5 Å². The lowest BCUT2D eigenvalue weighted by Crippen LogP contribution is -2.51. The third-order valence-corrected chi connectivity index (χ3v) is 16.7. The molecule has 2 amide bonds. The van der Waals surface area contributed by atoms with Gasteiger partial charge < -0.3 is 68.2 Å². The molecule has 2 aliphatic heterocycles. The van der Waals surface area contributed by atoms with Crippen LogP contribution in [-0.2, 0) is 66.0 Å². The summed E-state index contributed by atoms with van der Waals surface area (Å²) in [5.74, 6) is 1.15. The van der Waals surface area contributed by atoms with Crippen LogP contribution < -0.4 is 24.8 Å². The highest BCUT2D eigenvalue weighted by atomic mass is 32.2. The summed E-state index contributed by atoms with van der Waals surface area (Å²) in [5.41, 5.74) is 0.824. The number of hydrogen-bond donors (Lipinski definition) is 4. The van der Waals surface area contributed by atoms with E-state index in [2.05, 4.69) is 10.6 Å². The zero-order chi connectivity index (χ0) is 66.4. The van der Waals surface area contributed by atoms with E-state index in [-0.39, 0.29) is 113 Å². The summed E-state index contributed by atoms with van der Waals surface area (Å²) >= 11 is 0. The van der Waals surface area contributed by atoms with Gasteiger partial charge in [0, 0.05) is 51.2 Å². The van der Waals surface area contributed by atoms with E-state index in [1.807, 2.05) is 72.8 Å². The second-order valence-electron chi connectivity index (χ2n) is 21.0. The summed E-state index contributed by atoms with van der Waals surface area (Å²) in [6.07, 6.45) is -5.84. The van der Waals surface area contributed by atoms with Gasteiger partial charge in [-0.1, -0.05) is 60.7 Å². The number of nitrogens with zero attached hydrogens (tertiary/aromatic N) is 5. The molecule has 4 N–H and O–H groups in total. The Labute approximate surface area is 528 Å². The van der Waals surface area contributed by atoms with E-state index in [1.165, 1.54) is 87.0 Å². The Morgan fingerprint density at radius 3 is 1.37 bits per heavy atom. The van der Waals surface area contributed by atoms with Gasteiger partial charge in [0.15, 0.2) is 12.2 Å². The fraction of sp³-hybridized carbons (Fsp3) is 0.426. The Kier molecular flexibility index (Phi) is 29.7. The van der Waals surface area contributed by atoms with Crippen molar-refractivity contribution < 1.29 is 93.7 Å². The molecule has 5 aromatic rings. The van der Waals surface area contributed by atoms with Crippen LogP contribution in [0.15, 0.2) is 143 Å². The van der Waals surface area contributed by atoms with Crippen LogP contribution in [0, 0.1) is 32.8 Å². The van der Waals surface area contributed by atoms with Crippen LogP contribution in [0.1, 0.15) is 44.7 Å². The summed E-state index contributed by atoms with van der Waals surface area (Å²) in [4.78, 5) is 46.4. The fourth-order valence-electron chi connectivity index (χ4n) is 8.49. The number of benzene rings is 5. The van der Waals surface area contributed by atoms with Crippen LogP contribution >= 0.6 is 0 Å². The number of alkyl carbamates (subject to hydrolysis) is 2. The average Bonchev–Trinajstić information content (AvgIpc) is 1.01. The van der Waals surface area contributed by atoms with Crippen molar-refractivity contribution in [2.24, 2.45) is 0 Å². The van der Waals surface area contributed by atoms with Gasteiger partial charge in [0.1, 0.15) is 36.4 Å². The molecule has 0 aliphatic carbocycles. The molecule has 492 valence electrons. The van der Waals surface area contributed by atoms with E-state index in [0.717, 1.165) is 19.7 Å². The van der Waals surface area contributed by atoms with Gasteiger partial charge in [0.05, 0.1) is 91.8 Å². The lowest BCUT2D eigenvalue weighted by molar-refractivity contribution is -0.384. The molecule has 0 aromatic heterocycles. The summed E-state index contributed by atoms with van der Waals surface area (Å²) in [5, 5.41) is 56.2. The van der Waals surface area contributed by atoms with Crippen LogP contribution in [0.4, 0.5) is 20.1 Å². The minimum Gasteiger partial charge on any atom is -0.497 e. The van der Waals surface area contributed by atoms with Crippen molar-refractivity contribution in [3.8, 4) is 29.4 Å². The van der Waals surface area contributed by atoms with Crippen LogP contribution in [-0.4, -0.2) is 181 Å². The lowest BCUT2D eigenvalue weighted by Gasteiger charge is -2.30. The van der Waals surface area contributed by atoms with Crippen LogP contribution in [0.2, 0.25) is 0 Å². The van der Waals surface area contributed by atoms with Gasteiger partial charge in [0.25, 0.3) is 5.69 Å². The van der Waals surface area contributed by atoms with Gasteiger partial charge in [-0.15, -0.1) is 0 Å². The first-order valence-corrected chi connectivity index (χ1v) is 31.2. The largest absolute Gasteiger partial charge is 0.514 e. The lowest BCUT2D eigenvalue weighted by atomic mass is 10.0. The fourth-order valence-corrected chi connectivity index (χ4v) is 11.4. The Morgan fingerprint density at radius 2 is 1.00 bits per heavy atom. The topological polar surface area (TPSA) is 374 Å². The number of ether oxygens (including phenoxy) is 10. The number of amides is 2. The van der Waals surface area contributed by atoms with E-state index in [0.29, 0.717) is 11.5 Å². The van der Waals surface area contributed by atoms with Gasteiger partial charge in [-0.3, -0.25) is 10.1 Å². The highest BCUT2D eigenvalue weighted by Gasteiger charge is 2.34. The van der Waals surface area contributed by atoms with E-state index in [4.69, 9.17) is 57.9 Å². The summed E-state index contributed by atoms with van der Waals surface area (Å²) in [7, 11) is -5.15. The predicted octanol–water partition coefficient (Wildman–Crippen LogP) is 6.25. The standard InChI is InChI=1S/C25H31N3O8S.C25H33N3O6S.C11H11NO7/c1-33-20-8-10-22(11-9-20)37(31,32)28(13-5-12-26)15-24(29)23(14-19-6-3-2-4-7-19)27-25(30)36-21-16-34-18-35-17-21;1-25(2,3)34-24(30)27-22(17-19-9-6-5-7-10-19)23(29)18-28(16-8-15-26)35(31,32)21-13-11-20(33-4)12-14-21;13-11(19-10-5-16-7-17-6-10)18-9-3-1-8(2-4-9)12(14)15/h2-4,6-11,21,23-24,29H,5,13-18H2,1H3,(H,27,30);5-7,9-14,22-23,29H,8,16-18H2,1-4H3,(H,27,30);1-4,10H,5-7H2/t23-,24+;22-,23+;/m00./s1.